The summed E-state index contributed by atoms with van der Waals surface area (Å²) in [6.45, 7) is 9.49. The molecular formula is C22H27N7O. The van der Waals surface area contributed by atoms with Gasteiger partial charge in [0.05, 0.1) is 23.7 Å². The van der Waals surface area contributed by atoms with Crippen LogP contribution in [-0.2, 0) is 11.2 Å². The molecule has 8 heteroatoms. The van der Waals surface area contributed by atoms with Crippen molar-refractivity contribution in [1.82, 2.24) is 29.4 Å². The number of likely N-dealkylation sites (tertiary alicyclic amines) is 1. The third-order valence-electron chi connectivity index (χ3n) is 6.35. The summed E-state index contributed by atoms with van der Waals surface area (Å²) in [5.74, 6) is 1.99. The van der Waals surface area contributed by atoms with E-state index < -0.39 is 0 Å². The van der Waals surface area contributed by atoms with Crippen molar-refractivity contribution in [3.8, 4) is 0 Å². The fraction of sp³-hybridized carbons (Fsp3) is 0.500. The lowest BCUT2D eigenvalue weighted by atomic mass is 10.0. The molecule has 2 aliphatic rings. The summed E-state index contributed by atoms with van der Waals surface area (Å²) in [4.78, 5) is 34.3. The second-order valence-corrected chi connectivity index (χ2v) is 8.78. The number of carbonyl (C=O) groups is 1. The zero-order valence-corrected chi connectivity index (χ0v) is 17.7. The third-order valence-corrected chi connectivity index (χ3v) is 6.35. The van der Waals surface area contributed by atoms with Gasteiger partial charge in [-0.15, -0.1) is 0 Å². The highest BCUT2D eigenvalue weighted by Gasteiger charge is 2.41. The van der Waals surface area contributed by atoms with Gasteiger partial charge in [0.15, 0.2) is 0 Å². The van der Waals surface area contributed by atoms with Crippen molar-refractivity contribution in [3.63, 3.8) is 0 Å². The van der Waals surface area contributed by atoms with Crippen LogP contribution in [0.25, 0.3) is 11.0 Å². The number of amides is 1. The maximum Gasteiger partial charge on any atom is 0.225 e. The Morgan fingerprint density at radius 3 is 2.57 bits per heavy atom. The van der Waals surface area contributed by atoms with Gasteiger partial charge in [-0.25, -0.2) is 15.0 Å². The van der Waals surface area contributed by atoms with Gasteiger partial charge >= 0.3 is 0 Å². The van der Waals surface area contributed by atoms with E-state index in [1.807, 2.05) is 29.7 Å². The minimum absolute atomic E-state index is 0.178. The van der Waals surface area contributed by atoms with Gasteiger partial charge in [0.1, 0.15) is 5.52 Å². The number of aromatic nitrogens is 5. The van der Waals surface area contributed by atoms with Crippen LogP contribution in [0.1, 0.15) is 38.2 Å². The molecule has 1 amide bonds. The zero-order chi connectivity index (χ0) is 20.8. The molecule has 0 spiro atoms. The molecule has 0 radical (unpaired) electrons. The molecule has 30 heavy (non-hydrogen) atoms. The Labute approximate surface area is 176 Å². The Morgan fingerprint density at radius 1 is 1.10 bits per heavy atom. The van der Waals surface area contributed by atoms with Gasteiger partial charge < -0.3 is 14.4 Å². The van der Waals surface area contributed by atoms with Crippen LogP contribution in [0.2, 0.25) is 0 Å². The van der Waals surface area contributed by atoms with E-state index in [0.29, 0.717) is 24.3 Å². The van der Waals surface area contributed by atoms with Crippen molar-refractivity contribution in [2.45, 2.75) is 33.2 Å². The van der Waals surface area contributed by atoms with Gasteiger partial charge in [0, 0.05) is 69.3 Å². The minimum atomic E-state index is 0.178. The van der Waals surface area contributed by atoms with E-state index >= 15 is 0 Å². The van der Waals surface area contributed by atoms with Gasteiger partial charge in [-0.2, -0.15) is 0 Å². The number of anilines is 1. The molecule has 3 aromatic rings. The summed E-state index contributed by atoms with van der Waals surface area (Å²) in [5.41, 5.74) is 3.96. The number of carbonyl (C=O) groups excluding carboxylic acids is 1. The molecule has 8 nitrogen and oxygen atoms in total. The maximum absolute atomic E-state index is 11.6. The minimum Gasteiger partial charge on any atom is -0.342 e. The first-order valence-corrected chi connectivity index (χ1v) is 10.6. The summed E-state index contributed by atoms with van der Waals surface area (Å²) in [6, 6.07) is 4.42. The van der Waals surface area contributed by atoms with Crippen LogP contribution >= 0.6 is 0 Å². The first kappa shape index (κ1) is 19.0. The van der Waals surface area contributed by atoms with Crippen molar-refractivity contribution >= 4 is 22.9 Å². The van der Waals surface area contributed by atoms with Crippen molar-refractivity contribution in [2.75, 3.05) is 31.1 Å². The number of fused-ring (bicyclic) bond motifs is 2. The van der Waals surface area contributed by atoms with E-state index in [1.54, 1.807) is 6.92 Å². The largest absolute Gasteiger partial charge is 0.342 e. The summed E-state index contributed by atoms with van der Waals surface area (Å²) in [5, 5.41) is 0. The SMILES string of the molecule is CC(=O)N1CC2CN(c3nccc(Cc4cc5c(cn4)ncn5C(C)C)n3)CC2C1. The number of hydrogen-bond donors (Lipinski definition) is 0. The smallest absolute Gasteiger partial charge is 0.225 e. The van der Waals surface area contributed by atoms with Crippen molar-refractivity contribution < 1.29 is 4.79 Å². The second-order valence-electron chi connectivity index (χ2n) is 8.78. The molecule has 156 valence electrons. The van der Waals surface area contributed by atoms with Crippen LogP contribution in [0.5, 0.6) is 0 Å². The van der Waals surface area contributed by atoms with Crippen molar-refractivity contribution in [3.05, 3.63) is 42.2 Å². The van der Waals surface area contributed by atoms with Crippen LogP contribution in [0.4, 0.5) is 5.95 Å². The van der Waals surface area contributed by atoms with Crippen LogP contribution in [0.3, 0.4) is 0 Å². The Bertz CT molecular complexity index is 1080. The fourth-order valence-corrected chi connectivity index (χ4v) is 4.71. The Balaban J connectivity index is 1.32. The van der Waals surface area contributed by atoms with E-state index in [4.69, 9.17) is 4.98 Å². The number of nitrogens with zero attached hydrogens (tertiary/aromatic N) is 7. The van der Waals surface area contributed by atoms with E-state index in [0.717, 1.165) is 54.5 Å². The average Bonchev–Trinajstić information content (AvgIpc) is 3.40. The van der Waals surface area contributed by atoms with E-state index in [2.05, 4.69) is 44.3 Å². The second kappa shape index (κ2) is 7.34. The molecule has 0 aromatic carbocycles. The molecule has 0 bridgehead atoms. The molecule has 3 aromatic heterocycles. The predicted octanol–water partition coefficient (Wildman–Crippen LogP) is 2.31. The van der Waals surface area contributed by atoms with E-state index in [-0.39, 0.29) is 5.91 Å². The molecule has 2 atom stereocenters. The topological polar surface area (TPSA) is 80.0 Å². The zero-order valence-electron chi connectivity index (χ0n) is 17.7. The standard InChI is InChI=1S/C22H27N7O/c1-14(2)29-13-25-20-8-24-19(7-21(20)29)6-18-4-5-23-22(26-18)28-11-16-9-27(15(3)30)10-17(16)12-28/h4-5,7-8,13-14,16-17H,6,9-12H2,1-3H3. The number of rotatable bonds is 4. The molecular weight excluding hydrogens is 378 g/mol. The lowest BCUT2D eigenvalue weighted by Crippen LogP contribution is -2.32. The van der Waals surface area contributed by atoms with Crippen LogP contribution < -0.4 is 4.90 Å². The Hall–Kier alpha value is -3.03. The molecule has 2 aliphatic heterocycles. The summed E-state index contributed by atoms with van der Waals surface area (Å²) >= 11 is 0. The molecule has 2 unspecified atom stereocenters. The Kier molecular flexibility index (Phi) is 4.64. The van der Waals surface area contributed by atoms with Crippen LogP contribution in [0.15, 0.2) is 30.9 Å². The van der Waals surface area contributed by atoms with E-state index in [9.17, 15) is 4.79 Å². The quantitative estimate of drug-likeness (QED) is 0.663. The molecule has 2 saturated heterocycles. The summed E-state index contributed by atoms with van der Waals surface area (Å²) < 4.78 is 2.17. The lowest BCUT2D eigenvalue weighted by Gasteiger charge is -2.21. The van der Waals surface area contributed by atoms with Gasteiger partial charge in [0.2, 0.25) is 11.9 Å². The maximum atomic E-state index is 11.6. The summed E-state index contributed by atoms with van der Waals surface area (Å²) in [7, 11) is 0. The number of imidazole rings is 1. The summed E-state index contributed by atoms with van der Waals surface area (Å²) in [6.07, 6.45) is 6.22. The van der Waals surface area contributed by atoms with E-state index in [1.165, 1.54) is 0 Å². The van der Waals surface area contributed by atoms with Crippen LogP contribution in [-0.4, -0.2) is 61.5 Å². The first-order chi connectivity index (χ1) is 14.5. The third kappa shape index (κ3) is 3.40. The van der Waals surface area contributed by atoms with Gasteiger partial charge in [0.25, 0.3) is 0 Å². The number of pyridine rings is 1. The molecule has 5 rings (SSSR count). The monoisotopic (exact) mass is 405 g/mol. The van der Waals surface area contributed by atoms with Crippen molar-refractivity contribution in [2.24, 2.45) is 11.8 Å². The highest BCUT2D eigenvalue weighted by atomic mass is 16.2. The molecule has 5 heterocycles. The van der Waals surface area contributed by atoms with Gasteiger partial charge in [-0.1, -0.05) is 0 Å². The van der Waals surface area contributed by atoms with Gasteiger partial charge in [-0.3, -0.25) is 9.78 Å². The highest BCUT2D eigenvalue weighted by molar-refractivity contribution is 5.75. The normalized spacial score (nSPS) is 21.1. The average molecular weight is 406 g/mol. The lowest BCUT2D eigenvalue weighted by molar-refractivity contribution is -0.128. The molecule has 0 N–H and O–H groups in total. The molecule has 0 aliphatic carbocycles. The van der Waals surface area contributed by atoms with Gasteiger partial charge in [-0.05, 0) is 26.0 Å². The van der Waals surface area contributed by atoms with Crippen molar-refractivity contribution in [1.29, 1.82) is 0 Å². The van der Waals surface area contributed by atoms with Crippen LogP contribution in [0, 0.1) is 11.8 Å². The fourth-order valence-electron chi connectivity index (χ4n) is 4.71. The number of hydrogen-bond acceptors (Lipinski definition) is 6. The molecule has 2 fully saturated rings. The molecule has 0 saturated carbocycles. The highest BCUT2D eigenvalue weighted by Crippen LogP contribution is 2.32. The Morgan fingerprint density at radius 2 is 1.87 bits per heavy atom. The predicted molar refractivity (Wildman–Crippen MR) is 114 cm³/mol. The first-order valence-electron chi connectivity index (χ1n) is 10.6.